The fourth-order valence-electron chi connectivity index (χ4n) is 3.81. The number of carbonyl (C=O) groups is 2. The molecule has 0 unspecified atom stereocenters. The molecule has 7 heteroatoms. The van der Waals surface area contributed by atoms with E-state index in [1.165, 1.54) is 0 Å². The summed E-state index contributed by atoms with van der Waals surface area (Å²) < 4.78 is 11.0. The molecule has 4 heterocycles. The van der Waals surface area contributed by atoms with E-state index in [0.29, 0.717) is 37.6 Å². The van der Waals surface area contributed by atoms with Crippen LogP contribution in [0.2, 0.25) is 0 Å². The number of amides is 2. The first-order chi connectivity index (χ1) is 13.2. The molecule has 0 radical (unpaired) electrons. The highest BCUT2D eigenvalue weighted by molar-refractivity contribution is 5.94. The van der Waals surface area contributed by atoms with E-state index in [1.807, 2.05) is 25.1 Å². The molecule has 27 heavy (non-hydrogen) atoms. The van der Waals surface area contributed by atoms with Crippen LogP contribution in [0.15, 0.2) is 41.1 Å². The molecule has 2 saturated heterocycles. The van der Waals surface area contributed by atoms with E-state index < -0.39 is 0 Å². The Labute approximate surface area is 157 Å². The van der Waals surface area contributed by atoms with Crippen LogP contribution in [-0.4, -0.2) is 47.5 Å². The normalized spacial score (nSPS) is 24.0. The van der Waals surface area contributed by atoms with Gasteiger partial charge in [0.25, 0.3) is 5.91 Å². The van der Waals surface area contributed by atoms with E-state index in [-0.39, 0.29) is 29.8 Å². The lowest BCUT2D eigenvalue weighted by atomic mass is 9.92. The van der Waals surface area contributed by atoms with Gasteiger partial charge in [-0.05, 0) is 30.7 Å². The highest BCUT2D eigenvalue weighted by Crippen LogP contribution is 2.34. The predicted octanol–water partition coefficient (Wildman–Crippen LogP) is 1.64. The van der Waals surface area contributed by atoms with E-state index in [1.54, 1.807) is 23.4 Å². The molecular formula is C20H23N3O4. The summed E-state index contributed by atoms with van der Waals surface area (Å²) in [5.74, 6) is 0.377. The summed E-state index contributed by atoms with van der Waals surface area (Å²) in [7, 11) is 0. The highest BCUT2D eigenvalue weighted by atomic mass is 16.5. The maximum absolute atomic E-state index is 12.8. The summed E-state index contributed by atoms with van der Waals surface area (Å²) in [6.07, 6.45) is 3.96. The van der Waals surface area contributed by atoms with E-state index in [4.69, 9.17) is 9.15 Å². The van der Waals surface area contributed by atoms with Gasteiger partial charge in [-0.15, -0.1) is 0 Å². The number of carbonyl (C=O) groups excluding carboxylic acids is 2. The molecule has 2 aliphatic heterocycles. The Morgan fingerprint density at radius 2 is 2.19 bits per heavy atom. The van der Waals surface area contributed by atoms with E-state index in [2.05, 4.69) is 10.3 Å². The Balaban J connectivity index is 1.37. The molecule has 2 aromatic rings. The van der Waals surface area contributed by atoms with Gasteiger partial charge in [0, 0.05) is 30.9 Å². The largest absolute Gasteiger partial charge is 0.467 e. The van der Waals surface area contributed by atoms with Gasteiger partial charge in [-0.2, -0.15) is 0 Å². The van der Waals surface area contributed by atoms with Crippen LogP contribution in [0.25, 0.3) is 0 Å². The van der Waals surface area contributed by atoms with Gasteiger partial charge in [0.05, 0.1) is 37.0 Å². The number of aromatic nitrogens is 1. The molecule has 0 spiro atoms. The van der Waals surface area contributed by atoms with Crippen molar-refractivity contribution >= 4 is 11.8 Å². The summed E-state index contributed by atoms with van der Waals surface area (Å²) in [4.78, 5) is 31.4. The van der Waals surface area contributed by atoms with Crippen LogP contribution < -0.4 is 5.32 Å². The number of nitrogens with one attached hydrogen (secondary N) is 1. The van der Waals surface area contributed by atoms with Gasteiger partial charge in [0.1, 0.15) is 5.76 Å². The van der Waals surface area contributed by atoms with Crippen molar-refractivity contribution in [2.24, 2.45) is 11.8 Å². The van der Waals surface area contributed by atoms with Crippen molar-refractivity contribution in [3.05, 3.63) is 53.7 Å². The Bertz CT molecular complexity index is 803. The lowest BCUT2D eigenvalue weighted by Crippen LogP contribution is -2.37. The molecule has 0 saturated carbocycles. The zero-order valence-corrected chi connectivity index (χ0v) is 15.3. The Hall–Kier alpha value is -2.67. The topological polar surface area (TPSA) is 84.7 Å². The Morgan fingerprint density at radius 1 is 1.30 bits per heavy atom. The van der Waals surface area contributed by atoms with Crippen molar-refractivity contribution in [3.8, 4) is 0 Å². The molecule has 0 aliphatic carbocycles. The number of rotatable bonds is 5. The quantitative estimate of drug-likeness (QED) is 0.866. The van der Waals surface area contributed by atoms with Crippen molar-refractivity contribution in [2.45, 2.75) is 26.0 Å². The van der Waals surface area contributed by atoms with Crippen LogP contribution in [0.4, 0.5) is 0 Å². The number of fused-ring (bicyclic) bond motifs is 1. The number of aryl methyl sites for hydroxylation is 1. The minimum atomic E-state index is -0.247. The highest BCUT2D eigenvalue weighted by Gasteiger charge is 2.48. The second-order valence-electron chi connectivity index (χ2n) is 7.04. The first-order valence-corrected chi connectivity index (χ1v) is 9.31. The number of likely N-dealkylation sites (tertiary alicyclic amines) is 1. The number of furan rings is 1. The van der Waals surface area contributed by atoms with Crippen LogP contribution in [0.1, 0.15) is 28.7 Å². The molecule has 7 nitrogen and oxygen atoms in total. The van der Waals surface area contributed by atoms with Gasteiger partial charge in [-0.3, -0.25) is 14.6 Å². The molecule has 2 amide bonds. The number of hydrogen-bond acceptors (Lipinski definition) is 5. The summed E-state index contributed by atoms with van der Waals surface area (Å²) in [6.45, 7) is 3.82. The summed E-state index contributed by atoms with van der Waals surface area (Å²) in [5, 5.41) is 2.90. The molecule has 2 aliphatic rings. The molecule has 1 N–H and O–H groups in total. The number of ether oxygens (including phenoxy) is 1. The molecule has 3 atom stereocenters. The van der Waals surface area contributed by atoms with Crippen LogP contribution in [0.5, 0.6) is 0 Å². The van der Waals surface area contributed by atoms with Gasteiger partial charge in [-0.25, -0.2) is 0 Å². The monoisotopic (exact) mass is 369 g/mol. The standard InChI is InChI=1S/C20H23N3O4/c1-2-14-6-5-13(8-21-14)20(25)23-10-16-17(12-27-18(16)11-23)19(24)22-9-15-4-3-7-26-15/h3-8,16-18H,2,9-12H2,1H3,(H,22,24)/t16-,17+,18-/m1/s1. The van der Waals surface area contributed by atoms with Crippen molar-refractivity contribution in [1.29, 1.82) is 0 Å². The van der Waals surface area contributed by atoms with Crippen molar-refractivity contribution in [1.82, 2.24) is 15.2 Å². The van der Waals surface area contributed by atoms with Gasteiger partial charge >= 0.3 is 0 Å². The molecular weight excluding hydrogens is 346 g/mol. The van der Waals surface area contributed by atoms with Gasteiger partial charge in [-0.1, -0.05) is 6.92 Å². The summed E-state index contributed by atoms with van der Waals surface area (Å²) in [5.41, 5.74) is 1.53. The Morgan fingerprint density at radius 3 is 2.89 bits per heavy atom. The number of hydrogen-bond donors (Lipinski definition) is 1. The molecule has 2 aromatic heterocycles. The SMILES string of the molecule is CCc1ccc(C(=O)N2C[C@@H]3[C@@H](C(=O)NCc4ccco4)CO[C@@H]3C2)cn1. The van der Waals surface area contributed by atoms with Gasteiger partial charge in [0.15, 0.2) is 0 Å². The van der Waals surface area contributed by atoms with Crippen molar-refractivity contribution in [2.75, 3.05) is 19.7 Å². The van der Waals surface area contributed by atoms with Gasteiger partial charge in [0.2, 0.25) is 5.91 Å². The number of nitrogens with zero attached hydrogens (tertiary/aromatic N) is 2. The molecule has 0 aromatic carbocycles. The average Bonchev–Trinajstić information content (AvgIpc) is 3.42. The second-order valence-corrected chi connectivity index (χ2v) is 7.04. The number of pyridine rings is 1. The lowest BCUT2D eigenvalue weighted by Gasteiger charge is -2.19. The minimum Gasteiger partial charge on any atom is -0.467 e. The molecule has 2 fully saturated rings. The predicted molar refractivity (Wildman–Crippen MR) is 96.8 cm³/mol. The Kier molecular flexibility index (Phi) is 4.94. The van der Waals surface area contributed by atoms with Crippen LogP contribution in [-0.2, 0) is 22.5 Å². The fourth-order valence-corrected chi connectivity index (χ4v) is 3.81. The molecule has 142 valence electrons. The fraction of sp³-hybridized carbons (Fsp3) is 0.450. The van der Waals surface area contributed by atoms with Gasteiger partial charge < -0.3 is 19.4 Å². The van der Waals surface area contributed by atoms with Crippen molar-refractivity contribution < 1.29 is 18.7 Å². The third kappa shape index (κ3) is 3.60. The zero-order valence-electron chi connectivity index (χ0n) is 15.3. The van der Waals surface area contributed by atoms with E-state index >= 15 is 0 Å². The minimum absolute atomic E-state index is 0.0217. The summed E-state index contributed by atoms with van der Waals surface area (Å²) >= 11 is 0. The maximum atomic E-state index is 12.8. The van der Waals surface area contributed by atoms with Crippen LogP contribution in [0, 0.1) is 11.8 Å². The third-order valence-electron chi connectivity index (χ3n) is 5.39. The summed E-state index contributed by atoms with van der Waals surface area (Å²) in [6, 6.07) is 7.31. The average molecular weight is 369 g/mol. The first-order valence-electron chi connectivity index (χ1n) is 9.31. The van der Waals surface area contributed by atoms with Crippen LogP contribution in [0.3, 0.4) is 0 Å². The van der Waals surface area contributed by atoms with E-state index in [9.17, 15) is 9.59 Å². The smallest absolute Gasteiger partial charge is 0.255 e. The maximum Gasteiger partial charge on any atom is 0.255 e. The zero-order chi connectivity index (χ0) is 18.8. The first kappa shape index (κ1) is 17.7. The molecule has 4 rings (SSSR count). The molecule has 0 bridgehead atoms. The van der Waals surface area contributed by atoms with Crippen LogP contribution >= 0.6 is 0 Å². The van der Waals surface area contributed by atoms with E-state index in [0.717, 1.165) is 12.1 Å². The van der Waals surface area contributed by atoms with Crippen molar-refractivity contribution in [3.63, 3.8) is 0 Å². The second kappa shape index (κ2) is 7.52. The lowest BCUT2D eigenvalue weighted by molar-refractivity contribution is -0.126. The third-order valence-corrected chi connectivity index (χ3v) is 5.39.